The van der Waals surface area contributed by atoms with Gasteiger partial charge in [0.15, 0.2) is 0 Å². The Morgan fingerprint density at radius 3 is 2.88 bits per heavy atom. The maximum atomic E-state index is 11.2. The zero-order chi connectivity index (χ0) is 11.5. The van der Waals surface area contributed by atoms with Crippen LogP contribution in [0.4, 0.5) is 5.69 Å². The van der Waals surface area contributed by atoms with Crippen molar-refractivity contribution in [2.45, 2.75) is 0 Å². The van der Waals surface area contributed by atoms with Gasteiger partial charge in [0, 0.05) is 11.5 Å². The minimum atomic E-state index is -0.989. The standard InChI is InChI=1S/C11H9NO4/c13-10(14)6-12-8-5-11(15)16-9-4-2-1-3-7(8)9/h1-5,12H,6H2,(H,13,14). The summed E-state index contributed by atoms with van der Waals surface area (Å²) >= 11 is 0. The summed E-state index contributed by atoms with van der Waals surface area (Å²) in [5, 5.41) is 11.9. The van der Waals surface area contributed by atoms with Crippen LogP contribution in [0.15, 0.2) is 39.5 Å². The van der Waals surface area contributed by atoms with Gasteiger partial charge < -0.3 is 14.8 Å². The molecule has 0 spiro atoms. The molecule has 0 amide bonds. The van der Waals surface area contributed by atoms with Gasteiger partial charge in [-0.2, -0.15) is 0 Å². The van der Waals surface area contributed by atoms with Crippen LogP contribution in [0.2, 0.25) is 0 Å². The first-order valence-electron chi connectivity index (χ1n) is 4.65. The van der Waals surface area contributed by atoms with E-state index < -0.39 is 11.6 Å². The van der Waals surface area contributed by atoms with Gasteiger partial charge in [0.25, 0.3) is 0 Å². The molecule has 0 atom stereocenters. The molecular formula is C11H9NO4. The van der Waals surface area contributed by atoms with E-state index in [1.54, 1.807) is 24.3 Å². The van der Waals surface area contributed by atoms with Crippen molar-refractivity contribution < 1.29 is 14.3 Å². The van der Waals surface area contributed by atoms with Crippen molar-refractivity contribution in [2.24, 2.45) is 0 Å². The zero-order valence-corrected chi connectivity index (χ0v) is 8.27. The lowest BCUT2D eigenvalue weighted by atomic mass is 10.2. The van der Waals surface area contributed by atoms with Crippen molar-refractivity contribution >= 4 is 22.6 Å². The number of hydrogen-bond acceptors (Lipinski definition) is 4. The highest BCUT2D eigenvalue weighted by Crippen LogP contribution is 2.20. The number of carboxylic acid groups (broad SMARTS) is 1. The lowest BCUT2D eigenvalue weighted by Gasteiger charge is -2.05. The topological polar surface area (TPSA) is 79.5 Å². The molecule has 2 rings (SSSR count). The zero-order valence-electron chi connectivity index (χ0n) is 8.27. The van der Waals surface area contributed by atoms with Gasteiger partial charge in [0.2, 0.25) is 0 Å². The number of benzene rings is 1. The fourth-order valence-corrected chi connectivity index (χ4v) is 1.43. The maximum absolute atomic E-state index is 11.2. The summed E-state index contributed by atoms with van der Waals surface area (Å²) in [7, 11) is 0. The maximum Gasteiger partial charge on any atom is 0.338 e. The second-order valence-corrected chi connectivity index (χ2v) is 3.22. The summed E-state index contributed by atoms with van der Waals surface area (Å²) in [6, 6.07) is 8.18. The minimum Gasteiger partial charge on any atom is -0.480 e. The Labute approximate surface area is 90.3 Å². The third kappa shape index (κ3) is 2.03. The highest BCUT2D eigenvalue weighted by Gasteiger charge is 2.05. The summed E-state index contributed by atoms with van der Waals surface area (Å²) in [4.78, 5) is 21.6. The van der Waals surface area contributed by atoms with Crippen LogP contribution in [0.3, 0.4) is 0 Å². The third-order valence-electron chi connectivity index (χ3n) is 2.08. The van der Waals surface area contributed by atoms with Gasteiger partial charge in [0.05, 0.1) is 5.69 Å². The van der Waals surface area contributed by atoms with Crippen molar-refractivity contribution in [1.29, 1.82) is 0 Å². The summed E-state index contributed by atoms with van der Waals surface area (Å²) in [5.41, 5.74) is 0.392. The summed E-state index contributed by atoms with van der Waals surface area (Å²) in [5.74, 6) is -0.989. The number of carboxylic acids is 1. The number of aliphatic carboxylic acids is 1. The number of hydrogen-bond donors (Lipinski definition) is 2. The van der Waals surface area contributed by atoms with Gasteiger partial charge in [0.1, 0.15) is 12.1 Å². The molecule has 0 bridgehead atoms. The average molecular weight is 219 g/mol. The van der Waals surface area contributed by atoms with E-state index in [2.05, 4.69) is 5.32 Å². The molecule has 0 aliphatic rings. The predicted molar refractivity (Wildman–Crippen MR) is 58.6 cm³/mol. The van der Waals surface area contributed by atoms with Crippen LogP contribution in [0.25, 0.3) is 11.0 Å². The Balaban J connectivity index is 2.50. The van der Waals surface area contributed by atoms with E-state index in [-0.39, 0.29) is 6.54 Å². The van der Waals surface area contributed by atoms with Crippen LogP contribution in [0, 0.1) is 0 Å². The number of anilines is 1. The number of rotatable bonds is 3. The third-order valence-corrected chi connectivity index (χ3v) is 2.08. The van der Waals surface area contributed by atoms with Crippen molar-refractivity contribution in [3.63, 3.8) is 0 Å². The number of carbonyl (C=O) groups is 1. The largest absolute Gasteiger partial charge is 0.480 e. The molecule has 0 saturated heterocycles. The first kappa shape index (κ1) is 10.2. The Hall–Kier alpha value is -2.30. The lowest BCUT2D eigenvalue weighted by Crippen LogP contribution is -2.13. The van der Waals surface area contributed by atoms with Crippen molar-refractivity contribution in [3.05, 3.63) is 40.8 Å². The molecular weight excluding hydrogens is 210 g/mol. The van der Waals surface area contributed by atoms with Gasteiger partial charge in [-0.15, -0.1) is 0 Å². The van der Waals surface area contributed by atoms with E-state index in [1.165, 1.54) is 6.07 Å². The Morgan fingerprint density at radius 2 is 2.12 bits per heavy atom. The highest BCUT2D eigenvalue weighted by molar-refractivity contribution is 5.90. The van der Waals surface area contributed by atoms with Gasteiger partial charge in [-0.25, -0.2) is 4.79 Å². The molecule has 0 fully saturated rings. The molecule has 16 heavy (non-hydrogen) atoms. The molecule has 0 aliphatic heterocycles. The van der Waals surface area contributed by atoms with Gasteiger partial charge in [-0.3, -0.25) is 4.79 Å². The van der Waals surface area contributed by atoms with Crippen LogP contribution < -0.4 is 10.9 Å². The van der Waals surface area contributed by atoms with E-state index in [1.807, 2.05) is 0 Å². The molecule has 0 radical (unpaired) electrons. The normalized spacial score (nSPS) is 10.2. The lowest BCUT2D eigenvalue weighted by molar-refractivity contribution is -0.134. The molecule has 1 aromatic heterocycles. The first-order valence-corrected chi connectivity index (χ1v) is 4.65. The van der Waals surface area contributed by atoms with Gasteiger partial charge in [-0.1, -0.05) is 12.1 Å². The van der Waals surface area contributed by atoms with Crippen molar-refractivity contribution in [2.75, 3.05) is 11.9 Å². The quantitative estimate of drug-likeness (QED) is 0.760. The number of nitrogens with one attached hydrogen (secondary N) is 1. The molecule has 2 N–H and O–H groups in total. The molecule has 82 valence electrons. The predicted octanol–water partition coefficient (Wildman–Crippen LogP) is 1.29. The molecule has 5 nitrogen and oxygen atoms in total. The summed E-state index contributed by atoms with van der Waals surface area (Å²) in [6.07, 6.45) is 0. The number of fused-ring (bicyclic) bond motifs is 1. The molecule has 1 aromatic carbocycles. The van der Waals surface area contributed by atoms with E-state index in [0.717, 1.165) is 0 Å². The van der Waals surface area contributed by atoms with Gasteiger partial charge >= 0.3 is 11.6 Å². The van der Waals surface area contributed by atoms with E-state index >= 15 is 0 Å². The monoisotopic (exact) mass is 219 g/mol. The van der Waals surface area contributed by atoms with Crippen LogP contribution in [-0.4, -0.2) is 17.6 Å². The molecule has 1 heterocycles. The highest BCUT2D eigenvalue weighted by atomic mass is 16.4. The molecule has 2 aromatic rings. The van der Waals surface area contributed by atoms with E-state index in [9.17, 15) is 9.59 Å². The Bertz CT molecular complexity index is 588. The summed E-state index contributed by atoms with van der Waals surface area (Å²) in [6.45, 7) is -0.243. The Morgan fingerprint density at radius 1 is 1.38 bits per heavy atom. The fraction of sp³-hybridized carbons (Fsp3) is 0.0909. The fourth-order valence-electron chi connectivity index (χ4n) is 1.43. The smallest absolute Gasteiger partial charge is 0.338 e. The second kappa shape index (κ2) is 4.06. The Kier molecular flexibility index (Phi) is 2.59. The van der Waals surface area contributed by atoms with E-state index in [0.29, 0.717) is 16.7 Å². The van der Waals surface area contributed by atoms with Crippen LogP contribution in [0.1, 0.15) is 0 Å². The van der Waals surface area contributed by atoms with Crippen LogP contribution in [-0.2, 0) is 4.79 Å². The SMILES string of the molecule is O=C(O)CNc1cc(=O)oc2ccccc12. The molecule has 0 saturated carbocycles. The van der Waals surface area contributed by atoms with Crippen LogP contribution >= 0.6 is 0 Å². The van der Waals surface area contributed by atoms with Crippen LogP contribution in [0.5, 0.6) is 0 Å². The molecule has 5 heteroatoms. The number of para-hydroxylation sites is 1. The molecule has 0 unspecified atom stereocenters. The minimum absolute atomic E-state index is 0.243. The van der Waals surface area contributed by atoms with Crippen molar-refractivity contribution in [1.82, 2.24) is 0 Å². The molecule has 0 aliphatic carbocycles. The first-order chi connectivity index (χ1) is 7.66. The van der Waals surface area contributed by atoms with Gasteiger partial charge in [-0.05, 0) is 12.1 Å². The average Bonchev–Trinajstić information content (AvgIpc) is 2.25. The summed E-state index contributed by atoms with van der Waals surface area (Å²) < 4.78 is 4.97. The second-order valence-electron chi connectivity index (χ2n) is 3.22. The van der Waals surface area contributed by atoms with E-state index in [4.69, 9.17) is 9.52 Å². The van der Waals surface area contributed by atoms with Crippen molar-refractivity contribution in [3.8, 4) is 0 Å².